The van der Waals surface area contributed by atoms with Gasteiger partial charge in [-0.05, 0) is 38.1 Å². The SMILES string of the molecule is CCOc1ccc(C(=O)N2CCNC[C@@H]2C)cc1.Cl. The number of halogens is 1. The third-order valence-corrected chi connectivity index (χ3v) is 3.17. The topological polar surface area (TPSA) is 41.6 Å². The van der Waals surface area contributed by atoms with Gasteiger partial charge in [-0.15, -0.1) is 12.4 Å². The van der Waals surface area contributed by atoms with Gasteiger partial charge in [0.05, 0.1) is 6.61 Å². The molecule has 19 heavy (non-hydrogen) atoms. The number of carbonyl (C=O) groups excluding carboxylic acids is 1. The molecule has 0 aromatic heterocycles. The van der Waals surface area contributed by atoms with E-state index in [-0.39, 0.29) is 24.4 Å². The average Bonchev–Trinajstić information content (AvgIpc) is 2.40. The first-order valence-corrected chi connectivity index (χ1v) is 6.47. The van der Waals surface area contributed by atoms with Crippen molar-refractivity contribution >= 4 is 18.3 Å². The van der Waals surface area contributed by atoms with E-state index in [0.717, 1.165) is 30.9 Å². The maximum Gasteiger partial charge on any atom is 0.254 e. The highest BCUT2D eigenvalue weighted by Gasteiger charge is 2.23. The predicted octanol–water partition coefficient (Wildman–Crippen LogP) is 1.94. The van der Waals surface area contributed by atoms with Crippen LogP contribution in [0.4, 0.5) is 0 Å². The number of ether oxygens (including phenoxy) is 1. The van der Waals surface area contributed by atoms with Crippen molar-refractivity contribution in [3.05, 3.63) is 29.8 Å². The van der Waals surface area contributed by atoms with E-state index in [2.05, 4.69) is 12.2 Å². The number of benzene rings is 1. The molecular formula is C14H21ClN2O2. The van der Waals surface area contributed by atoms with Gasteiger partial charge < -0.3 is 15.0 Å². The summed E-state index contributed by atoms with van der Waals surface area (Å²) in [5, 5.41) is 3.28. The largest absolute Gasteiger partial charge is 0.494 e. The van der Waals surface area contributed by atoms with Crippen LogP contribution < -0.4 is 10.1 Å². The van der Waals surface area contributed by atoms with Crippen LogP contribution in [0.5, 0.6) is 5.75 Å². The van der Waals surface area contributed by atoms with Crippen molar-refractivity contribution in [2.45, 2.75) is 19.9 Å². The molecule has 1 fully saturated rings. The standard InChI is InChI=1S/C14H20N2O2.ClH/c1-3-18-13-6-4-12(5-7-13)14(17)16-9-8-15-10-11(16)2;/h4-7,11,15H,3,8-10H2,1-2H3;1H/t11-;/m0./s1. The van der Waals surface area contributed by atoms with Crippen LogP contribution in [0.1, 0.15) is 24.2 Å². The van der Waals surface area contributed by atoms with Gasteiger partial charge in [0.25, 0.3) is 5.91 Å². The lowest BCUT2D eigenvalue weighted by Crippen LogP contribution is -2.52. The zero-order valence-electron chi connectivity index (χ0n) is 11.4. The normalized spacial score (nSPS) is 18.6. The molecule has 1 aromatic rings. The number of carbonyl (C=O) groups is 1. The van der Waals surface area contributed by atoms with Gasteiger partial charge in [0.15, 0.2) is 0 Å². The molecule has 1 aliphatic heterocycles. The van der Waals surface area contributed by atoms with E-state index in [1.807, 2.05) is 36.1 Å². The second-order valence-electron chi connectivity index (χ2n) is 4.51. The molecule has 5 heteroatoms. The highest BCUT2D eigenvalue weighted by atomic mass is 35.5. The van der Waals surface area contributed by atoms with E-state index in [1.54, 1.807) is 0 Å². The van der Waals surface area contributed by atoms with Crippen LogP contribution in [-0.2, 0) is 0 Å². The smallest absolute Gasteiger partial charge is 0.254 e. The third kappa shape index (κ3) is 3.85. The van der Waals surface area contributed by atoms with E-state index in [4.69, 9.17) is 4.74 Å². The molecule has 1 amide bonds. The zero-order valence-corrected chi connectivity index (χ0v) is 12.2. The Bertz CT molecular complexity index is 408. The number of hydrogen-bond donors (Lipinski definition) is 1. The number of nitrogens with one attached hydrogen (secondary N) is 1. The Labute approximate surface area is 120 Å². The van der Waals surface area contributed by atoms with Crippen molar-refractivity contribution in [1.29, 1.82) is 0 Å². The lowest BCUT2D eigenvalue weighted by molar-refractivity contribution is 0.0656. The minimum absolute atomic E-state index is 0. The fourth-order valence-electron chi connectivity index (χ4n) is 2.17. The second-order valence-corrected chi connectivity index (χ2v) is 4.51. The molecule has 1 N–H and O–H groups in total. The Morgan fingerprint density at radius 3 is 2.68 bits per heavy atom. The molecule has 2 rings (SSSR count). The maximum atomic E-state index is 12.3. The fraction of sp³-hybridized carbons (Fsp3) is 0.500. The molecule has 0 radical (unpaired) electrons. The predicted molar refractivity (Wildman–Crippen MR) is 78.2 cm³/mol. The minimum Gasteiger partial charge on any atom is -0.494 e. The molecule has 0 saturated carbocycles. The van der Waals surface area contributed by atoms with Crippen LogP contribution in [0, 0.1) is 0 Å². The number of amides is 1. The molecule has 1 aromatic carbocycles. The van der Waals surface area contributed by atoms with Crippen LogP contribution in [-0.4, -0.2) is 43.1 Å². The first-order valence-electron chi connectivity index (χ1n) is 6.47. The molecule has 0 unspecified atom stereocenters. The van der Waals surface area contributed by atoms with Gasteiger partial charge in [-0.25, -0.2) is 0 Å². The highest BCUT2D eigenvalue weighted by Crippen LogP contribution is 2.15. The molecule has 4 nitrogen and oxygen atoms in total. The molecule has 1 saturated heterocycles. The molecular weight excluding hydrogens is 264 g/mol. The third-order valence-electron chi connectivity index (χ3n) is 3.17. The first kappa shape index (κ1) is 15.8. The molecule has 1 aliphatic rings. The van der Waals surface area contributed by atoms with Gasteiger partial charge in [-0.3, -0.25) is 4.79 Å². The van der Waals surface area contributed by atoms with Gasteiger partial charge in [-0.2, -0.15) is 0 Å². The molecule has 0 aliphatic carbocycles. The fourth-order valence-corrected chi connectivity index (χ4v) is 2.17. The van der Waals surface area contributed by atoms with Gasteiger partial charge in [0, 0.05) is 31.2 Å². The summed E-state index contributed by atoms with van der Waals surface area (Å²) in [6, 6.07) is 7.62. The van der Waals surface area contributed by atoms with Crippen LogP contribution in [0.15, 0.2) is 24.3 Å². The Morgan fingerprint density at radius 1 is 1.42 bits per heavy atom. The molecule has 0 spiro atoms. The summed E-state index contributed by atoms with van der Waals surface area (Å²) in [5.74, 6) is 0.912. The minimum atomic E-state index is 0. The number of piperazine rings is 1. The molecule has 1 heterocycles. The van der Waals surface area contributed by atoms with Gasteiger partial charge in [-0.1, -0.05) is 0 Å². The zero-order chi connectivity index (χ0) is 13.0. The molecule has 1 atom stereocenters. The van der Waals surface area contributed by atoms with Crippen LogP contribution in [0.3, 0.4) is 0 Å². The van der Waals surface area contributed by atoms with Crippen molar-refractivity contribution in [2.75, 3.05) is 26.2 Å². The first-order chi connectivity index (χ1) is 8.72. The van der Waals surface area contributed by atoms with Crippen molar-refractivity contribution in [2.24, 2.45) is 0 Å². The van der Waals surface area contributed by atoms with Crippen molar-refractivity contribution < 1.29 is 9.53 Å². The lowest BCUT2D eigenvalue weighted by atomic mass is 10.1. The van der Waals surface area contributed by atoms with E-state index < -0.39 is 0 Å². The molecule has 106 valence electrons. The summed E-state index contributed by atoms with van der Waals surface area (Å²) in [5.41, 5.74) is 0.729. The van der Waals surface area contributed by atoms with Crippen molar-refractivity contribution in [3.63, 3.8) is 0 Å². The van der Waals surface area contributed by atoms with E-state index in [0.29, 0.717) is 6.61 Å². The second kappa shape index (κ2) is 7.36. The van der Waals surface area contributed by atoms with Crippen molar-refractivity contribution in [3.8, 4) is 5.75 Å². The van der Waals surface area contributed by atoms with Crippen LogP contribution in [0.2, 0.25) is 0 Å². The van der Waals surface area contributed by atoms with Gasteiger partial charge in [0.2, 0.25) is 0 Å². The molecule has 0 bridgehead atoms. The lowest BCUT2D eigenvalue weighted by Gasteiger charge is -2.34. The summed E-state index contributed by atoms with van der Waals surface area (Å²) >= 11 is 0. The summed E-state index contributed by atoms with van der Waals surface area (Å²) in [6.45, 7) is 7.16. The monoisotopic (exact) mass is 284 g/mol. The Balaban J connectivity index is 0.00000180. The van der Waals surface area contributed by atoms with Gasteiger partial charge >= 0.3 is 0 Å². The van der Waals surface area contributed by atoms with E-state index in [1.165, 1.54) is 0 Å². The summed E-state index contributed by atoms with van der Waals surface area (Å²) in [6.07, 6.45) is 0. The van der Waals surface area contributed by atoms with Crippen LogP contribution in [0.25, 0.3) is 0 Å². The van der Waals surface area contributed by atoms with Crippen molar-refractivity contribution in [1.82, 2.24) is 10.2 Å². The Hall–Kier alpha value is -1.26. The summed E-state index contributed by atoms with van der Waals surface area (Å²) in [4.78, 5) is 14.3. The maximum absolute atomic E-state index is 12.3. The average molecular weight is 285 g/mol. The number of nitrogens with zero attached hydrogens (tertiary/aromatic N) is 1. The Morgan fingerprint density at radius 2 is 2.11 bits per heavy atom. The van der Waals surface area contributed by atoms with Crippen LogP contribution >= 0.6 is 12.4 Å². The quantitative estimate of drug-likeness (QED) is 0.922. The summed E-state index contributed by atoms with van der Waals surface area (Å²) in [7, 11) is 0. The number of rotatable bonds is 3. The summed E-state index contributed by atoms with van der Waals surface area (Å²) < 4.78 is 5.37. The Kier molecular flexibility index (Phi) is 6.12. The van der Waals surface area contributed by atoms with Gasteiger partial charge in [0.1, 0.15) is 5.75 Å². The van der Waals surface area contributed by atoms with E-state index >= 15 is 0 Å². The van der Waals surface area contributed by atoms with E-state index in [9.17, 15) is 4.79 Å². The highest BCUT2D eigenvalue weighted by molar-refractivity contribution is 5.94. The number of hydrogen-bond acceptors (Lipinski definition) is 3.